The number of aromatic nitrogens is 1. The molecule has 1 aliphatic heterocycles. The van der Waals surface area contributed by atoms with Gasteiger partial charge in [0, 0.05) is 24.2 Å². The number of alkyl halides is 3. The van der Waals surface area contributed by atoms with Crippen molar-refractivity contribution in [2.45, 2.75) is 50.3 Å². The van der Waals surface area contributed by atoms with E-state index in [1.807, 2.05) is 31.2 Å². The van der Waals surface area contributed by atoms with Crippen LogP contribution in [0, 0.1) is 6.92 Å². The fourth-order valence-electron chi connectivity index (χ4n) is 4.09. The lowest BCUT2D eigenvalue weighted by Crippen LogP contribution is -2.26. The first kappa shape index (κ1) is 26.6. The van der Waals surface area contributed by atoms with Gasteiger partial charge in [-0.05, 0) is 68.6 Å². The summed E-state index contributed by atoms with van der Waals surface area (Å²) in [6.07, 6.45) is -0.989. The van der Waals surface area contributed by atoms with Crippen LogP contribution in [-0.4, -0.2) is 54.2 Å². The second-order valence-corrected chi connectivity index (χ2v) is 10.2. The third-order valence-electron chi connectivity index (χ3n) is 5.95. The summed E-state index contributed by atoms with van der Waals surface area (Å²) in [4.78, 5) is 11.5. The molecule has 0 aliphatic carbocycles. The van der Waals surface area contributed by atoms with Gasteiger partial charge in [0.15, 0.2) is 0 Å². The molecular formula is C24H27F3N2O5S. The van der Waals surface area contributed by atoms with Crippen molar-refractivity contribution in [3.63, 3.8) is 0 Å². The summed E-state index contributed by atoms with van der Waals surface area (Å²) in [5.41, 5.74) is 2.74. The number of likely N-dealkylation sites (tertiary alicyclic amines) is 1. The summed E-state index contributed by atoms with van der Waals surface area (Å²) >= 11 is 0. The van der Waals surface area contributed by atoms with E-state index >= 15 is 0 Å². The molecule has 0 bridgehead atoms. The second kappa shape index (κ2) is 10.3. The lowest BCUT2D eigenvalue weighted by molar-refractivity contribution is -0.192. The number of aliphatic carboxylic acids is 1. The lowest BCUT2D eigenvalue weighted by Gasteiger charge is -2.21. The Morgan fingerprint density at radius 3 is 2.46 bits per heavy atom. The lowest BCUT2D eigenvalue weighted by atomic mass is 10.1. The molecule has 2 heterocycles. The number of carboxylic acid groups (broad SMARTS) is 1. The Kier molecular flexibility index (Phi) is 7.80. The largest absolute Gasteiger partial charge is 0.495 e. The molecule has 1 unspecified atom stereocenters. The van der Waals surface area contributed by atoms with Gasteiger partial charge < -0.3 is 9.84 Å². The Labute approximate surface area is 201 Å². The molecule has 1 aromatic heterocycles. The third kappa shape index (κ3) is 5.79. The summed E-state index contributed by atoms with van der Waals surface area (Å²) in [5.74, 6) is -2.40. The molecule has 3 aromatic rings. The number of fused-ring (bicyclic) bond motifs is 1. The average Bonchev–Trinajstić information content (AvgIpc) is 3.41. The normalized spacial score (nSPS) is 16.7. The minimum atomic E-state index is -5.08. The van der Waals surface area contributed by atoms with E-state index in [1.165, 1.54) is 23.9 Å². The Balaban J connectivity index is 0.000000429. The van der Waals surface area contributed by atoms with E-state index in [0.29, 0.717) is 17.3 Å². The standard InChI is InChI=1S/C22H26N2O3S.C2HF3O2/c1-16-9-10-21(27-3)22(14-16)28(25,26)24-13-11-19-18(7-4-8-20(19)24)15-23-12-5-6-17(23)2;3-2(4,5)1(6)7/h4,7-11,13-14,17H,5-6,12,15H2,1-3H3;(H,6,7). The van der Waals surface area contributed by atoms with Crippen LogP contribution < -0.4 is 4.74 Å². The van der Waals surface area contributed by atoms with Gasteiger partial charge in [-0.1, -0.05) is 18.2 Å². The first-order valence-corrected chi connectivity index (χ1v) is 12.3. The number of methoxy groups -OCH3 is 1. The van der Waals surface area contributed by atoms with Crippen LogP contribution in [0.25, 0.3) is 10.9 Å². The zero-order chi connectivity index (χ0) is 26.0. The van der Waals surface area contributed by atoms with Gasteiger partial charge >= 0.3 is 12.1 Å². The molecule has 0 spiro atoms. The number of nitrogens with zero attached hydrogens (tertiary/aromatic N) is 2. The number of halogens is 3. The smallest absolute Gasteiger partial charge is 0.490 e. The van der Waals surface area contributed by atoms with Crippen molar-refractivity contribution >= 4 is 26.9 Å². The molecule has 190 valence electrons. The maximum Gasteiger partial charge on any atom is 0.490 e. The molecule has 2 aromatic carbocycles. The maximum absolute atomic E-state index is 13.4. The zero-order valence-corrected chi connectivity index (χ0v) is 20.4. The predicted molar refractivity (Wildman–Crippen MR) is 125 cm³/mol. The number of rotatable bonds is 5. The van der Waals surface area contributed by atoms with E-state index < -0.39 is 22.2 Å². The zero-order valence-electron chi connectivity index (χ0n) is 19.5. The van der Waals surface area contributed by atoms with Crippen LogP contribution in [-0.2, 0) is 21.4 Å². The highest BCUT2D eigenvalue weighted by Crippen LogP contribution is 2.31. The molecule has 1 N–H and O–H groups in total. The van der Waals surface area contributed by atoms with Crippen molar-refractivity contribution in [1.82, 2.24) is 8.87 Å². The SMILES string of the molecule is COc1ccc(C)cc1S(=O)(=O)n1ccc2c(CN3CCCC3C)cccc21.O=C(O)C(F)(F)F. The van der Waals surface area contributed by atoms with Gasteiger partial charge in [0.25, 0.3) is 10.0 Å². The number of carboxylic acids is 1. The Morgan fingerprint density at radius 2 is 1.89 bits per heavy atom. The molecule has 4 rings (SSSR count). The Morgan fingerprint density at radius 1 is 1.20 bits per heavy atom. The van der Waals surface area contributed by atoms with E-state index in [9.17, 15) is 21.6 Å². The summed E-state index contributed by atoms with van der Waals surface area (Å²) in [6, 6.07) is 13.6. The van der Waals surface area contributed by atoms with E-state index in [-0.39, 0.29) is 4.90 Å². The minimum absolute atomic E-state index is 0.186. The number of hydrogen-bond donors (Lipinski definition) is 1. The maximum atomic E-state index is 13.4. The second-order valence-electron chi connectivity index (χ2n) is 8.39. The first-order valence-electron chi connectivity index (χ1n) is 10.9. The van der Waals surface area contributed by atoms with E-state index in [4.69, 9.17) is 14.6 Å². The minimum Gasteiger partial charge on any atom is -0.495 e. The molecule has 0 saturated carbocycles. The van der Waals surface area contributed by atoms with Crippen molar-refractivity contribution in [1.29, 1.82) is 0 Å². The number of benzene rings is 2. The molecule has 35 heavy (non-hydrogen) atoms. The Bertz CT molecular complexity index is 1320. The van der Waals surface area contributed by atoms with Gasteiger partial charge in [0.05, 0.1) is 12.6 Å². The summed E-state index contributed by atoms with van der Waals surface area (Å²) in [7, 11) is -2.27. The topological polar surface area (TPSA) is 88.8 Å². The van der Waals surface area contributed by atoms with Crippen molar-refractivity contribution in [2.75, 3.05) is 13.7 Å². The fraction of sp³-hybridized carbons (Fsp3) is 0.375. The van der Waals surface area contributed by atoms with Crippen molar-refractivity contribution in [3.05, 3.63) is 59.8 Å². The first-order chi connectivity index (χ1) is 16.4. The van der Waals surface area contributed by atoms with Crippen LogP contribution in [0.4, 0.5) is 13.2 Å². The Hall–Kier alpha value is -3.05. The van der Waals surface area contributed by atoms with Crippen LogP contribution in [0.1, 0.15) is 30.9 Å². The van der Waals surface area contributed by atoms with Crippen LogP contribution in [0.15, 0.2) is 53.6 Å². The molecule has 0 radical (unpaired) electrons. The monoisotopic (exact) mass is 512 g/mol. The van der Waals surface area contributed by atoms with Crippen LogP contribution in [0.5, 0.6) is 5.75 Å². The number of hydrogen-bond acceptors (Lipinski definition) is 5. The van der Waals surface area contributed by atoms with Crippen molar-refractivity contribution in [2.24, 2.45) is 0 Å². The summed E-state index contributed by atoms with van der Waals surface area (Å²) in [5, 5.41) is 8.11. The summed E-state index contributed by atoms with van der Waals surface area (Å²) < 4.78 is 65.3. The van der Waals surface area contributed by atoms with E-state index in [1.54, 1.807) is 18.3 Å². The summed E-state index contributed by atoms with van der Waals surface area (Å²) in [6.45, 7) is 6.07. The van der Waals surface area contributed by atoms with E-state index in [2.05, 4.69) is 17.9 Å². The molecule has 1 saturated heterocycles. The molecule has 1 aliphatic rings. The van der Waals surface area contributed by atoms with Gasteiger partial charge in [-0.15, -0.1) is 0 Å². The molecule has 7 nitrogen and oxygen atoms in total. The van der Waals surface area contributed by atoms with Gasteiger partial charge in [-0.3, -0.25) is 4.90 Å². The molecule has 0 amide bonds. The van der Waals surface area contributed by atoms with Gasteiger partial charge in [0.2, 0.25) is 0 Å². The van der Waals surface area contributed by atoms with Crippen LogP contribution in [0.2, 0.25) is 0 Å². The third-order valence-corrected chi connectivity index (χ3v) is 7.66. The highest BCUT2D eigenvalue weighted by atomic mass is 32.2. The van der Waals surface area contributed by atoms with Gasteiger partial charge in [-0.2, -0.15) is 13.2 Å². The highest BCUT2D eigenvalue weighted by molar-refractivity contribution is 7.90. The predicted octanol–water partition coefficient (Wildman–Crippen LogP) is 4.81. The average molecular weight is 513 g/mol. The number of ether oxygens (including phenoxy) is 1. The van der Waals surface area contributed by atoms with Crippen molar-refractivity contribution < 1.29 is 36.2 Å². The number of aryl methyl sites for hydroxylation is 1. The van der Waals surface area contributed by atoms with Crippen molar-refractivity contribution in [3.8, 4) is 5.75 Å². The fourth-order valence-corrected chi connectivity index (χ4v) is 5.68. The van der Waals surface area contributed by atoms with E-state index in [0.717, 1.165) is 29.6 Å². The van der Waals surface area contributed by atoms with Crippen LogP contribution >= 0.6 is 0 Å². The van der Waals surface area contributed by atoms with Crippen LogP contribution in [0.3, 0.4) is 0 Å². The van der Waals surface area contributed by atoms with Gasteiger partial charge in [-0.25, -0.2) is 17.2 Å². The highest BCUT2D eigenvalue weighted by Gasteiger charge is 2.38. The number of carbonyl (C=O) groups is 1. The molecule has 11 heteroatoms. The quantitative estimate of drug-likeness (QED) is 0.528. The molecule has 1 atom stereocenters. The molecule has 1 fully saturated rings. The molecular weight excluding hydrogens is 485 g/mol. The van der Waals surface area contributed by atoms with Gasteiger partial charge in [0.1, 0.15) is 10.6 Å².